The van der Waals surface area contributed by atoms with E-state index in [2.05, 4.69) is 17.2 Å². The number of hydrogen-bond acceptors (Lipinski definition) is 3. The number of aromatic nitrogens is 3. The molecule has 0 saturated heterocycles. The standard InChI is InChI=1S/C16H17ClN4/c1-10(18)7-13-8-12-5-3-4-6-15(12)19-16(13)21-9-14(17)11(2)20-21/h3-6,8-10H,7,18H2,1-2H3. The highest BCUT2D eigenvalue weighted by Gasteiger charge is 2.13. The van der Waals surface area contributed by atoms with Crippen LogP contribution in [0.2, 0.25) is 5.02 Å². The highest BCUT2D eigenvalue weighted by atomic mass is 35.5. The first-order valence-corrected chi connectivity index (χ1v) is 7.29. The van der Waals surface area contributed by atoms with Crippen LogP contribution in [0.4, 0.5) is 0 Å². The van der Waals surface area contributed by atoms with Crippen molar-refractivity contribution >= 4 is 22.5 Å². The van der Waals surface area contributed by atoms with E-state index in [4.69, 9.17) is 22.3 Å². The summed E-state index contributed by atoms with van der Waals surface area (Å²) >= 11 is 6.12. The largest absolute Gasteiger partial charge is 0.328 e. The molecule has 0 radical (unpaired) electrons. The number of benzene rings is 1. The van der Waals surface area contributed by atoms with E-state index in [9.17, 15) is 0 Å². The normalized spacial score (nSPS) is 12.8. The van der Waals surface area contributed by atoms with Crippen LogP contribution in [-0.2, 0) is 6.42 Å². The predicted octanol–water partition coefficient (Wildman–Crippen LogP) is 3.27. The fraction of sp³-hybridized carbons (Fsp3) is 0.250. The van der Waals surface area contributed by atoms with Crippen LogP contribution in [0.1, 0.15) is 18.2 Å². The van der Waals surface area contributed by atoms with Gasteiger partial charge in [-0.1, -0.05) is 29.8 Å². The summed E-state index contributed by atoms with van der Waals surface area (Å²) in [5.74, 6) is 0.793. The van der Waals surface area contributed by atoms with Gasteiger partial charge in [-0.15, -0.1) is 0 Å². The molecular formula is C16H17ClN4. The van der Waals surface area contributed by atoms with Gasteiger partial charge in [0.25, 0.3) is 0 Å². The smallest absolute Gasteiger partial charge is 0.157 e. The van der Waals surface area contributed by atoms with Crippen LogP contribution in [0.25, 0.3) is 16.7 Å². The molecule has 108 valence electrons. The summed E-state index contributed by atoms with van der Waals surface area (Å²) in [5, 5.41) is 6.18. The Hall–Kier alpha value is -1.91. The second kappa shape index (κ2) is 5.47. The fourth-order valence-corrected chi connectivity index (χ4v) is 2.52. The van der Waals surface area contributed by atoms with Gasteiger partial charge in [0, 0.05) is 11.4 Å². The summed E-state index contributed by atoms with van der Waals surface area (Å²) in [6, 6.07) is 10.2. The molecule has 21 heavy (non-hydrogen) atoms. The SMILES string of the molecule is Cc1nn(-c2nc3ccccc3cc2CC(C)N)cc1Cl. The van der Waals surface area contributed by atoms with Crippen LogP contribution >= 0.6 is 11.6 Å². The number of nitrogens with zero attached hydrogens (tertiary/aromatic N) is 3. The van der Waals surface area contributed by atoms with Crippen molar-refractivity contribution in [3.63, 3.8) is 0 Å². The van der Waals surface area contributed by atoms with E-state index in [1.54, 1.807) is 10.9 Å². The molecule has 3 aromatic rings. The summed E-state index contributed by atoms with van der Waals surface area (Å²) in [6.07, 6.45) is 2.53. The van der Waals surface area contributed by atoms with Gasteiger partial charge < -0.3 is 5.73 Å². The molecule has 1 aromatic carbocycles. The number of para-hydroxylation sites is 1. The van der Waals surface area contributed by atoms with Crippen LogP contribution in [0.5, 0.6) is 0 Å². The maximum atomic E-state index is 6.12. The van der Waals surface area contributed by atoms with Gasteiger partial charge in [0.05, 0.1) is 22.4 Å². The summed E-state index contributed by atoms with van der Waals surface area (Å²) in [7, 11) is 0. The lowest BCUT2D eigenvalue weighted by molar-refractivity contribution is 0.721. The number of pyridine rings is 1. The average molecular weight is 301 g/mol. The highest BCUT2D eigenvalue weighted by Crippen LogP contribution is 2.23. The van der Waals surface area contributed by atoms with Crippen molar-refractivity contribution < 1.29 is 0 Å². The molecule has 0 aliphatic heterocycles. The van der Waals surface area contributed by atoms with Gasteiger partial charge >= 0.3 is 0 Å². The number of nitrogens with two attached hydrogens (primary N) is 1. The summed E-state index contributed by atoms with van der Waals surface area (Å²) in [5.41, 5.74) is 8.76. The van der Waals surface area contributed by atoms with E-state index in [0.717, 1.165) is 34.4 Å². The molecule has 5 heteroatoms. The van der Waals surface area contributed by atoms with E-state index in [1.807, 2.05) is 32.0 Å². The number of fused-ring (bicyclic) bond motifs is 1. The number of aryl methyl sites for hydroxylation is 1. The van der Waals surface area contributed by atoms with Gasteiger partial charge in [-0.05, 0) is 38.0 Å². The van der Waals surface area contributed by atoms with Crippen molar-refractivity contribution in [2.75, 3.05) is 0 Å². The molecule has 1 unspecified atom stereocenters. The topological polar surface area (TPSA) is 56.7 Å². The third-order valence-corrected chi connectivity index (χ3v) is 3.75. The van der Waals surface area contributed by atoms with Crippen molar-refractivity contribution in [1.82, 2.24) is 14.8 Å². The molecule has 0 spiro atoms. The molecular weight excluding hydrogens is 284 g/mol. The second-order valence-corrected chi connectivity index (χ2v) is 5.76. The molecule has 1 atom stereocenters. The first-order valence-electron chi connectivity index (χ1n) is 6.91. The Kier molecular flexibility index (Phi) is 3.66. The zero-order valence-corrected chi connectivity index (χ0v) is 12.8. The maximum absolute atomic E-state index is 6.12. The monoisotopic (exact) mass is 300 g/mol. The zero-order valence-electron chi connectivity index (χ0n) is 12.0. The van der Waals surface area contributed by atoms with Crippen molar-refractivity contribution in [1.29, 1.82) is 0 Å². The number of halogens is 1. The minimum Gasteiger partial charge on any atom is -0.328 e. The molecule has 3 rings (SSSR count). The Morgan fingerprint density at radius 3 is 2.76 bits per heavy atom. The molecule has 0 saturated carbocycles. The van der Waals surface area contributed by atoms with Gasteiger partial charge in [0.2, 0.25) is 0 Å². The Morgan fingerprint density at radius 2 is 2.10 bits per heavy atom. The van der Waals surface area contributed by atoms with E-state index >= 15 is 0 Å². The minimum absolute atomic E-state index is 0.0545. The number of rotatable bonds is 3. The van der Waals surface area contributed by atoms with Crippen molar-refractivity contribution in [3.05, 3.63) is 52.8 Å². The molecule has 2 aromatic heterocycles. The first kappa shape index (κ1) is 14.0. The van der Waals surface area contributed by atoms with Crippen molar-refractivity contribution in [3.8, 4) is 5.82 Å². The second-order valence-electron chi connectivity index (χ2n) is 5.35. The molecule has 0 aliphatic rings. The van der Waals surface area contributed by atoms with Crippen molar-refractivity contribution in [2.45, 2.75) is 26.3 Å². The molecule has 0 bridgehead atoms. The van der Waals surface area contributed by atoms with E-state index in [1.165, 1.54) is 0 Å². The van der Waals surface area contributed by atoms with Gasteiger partial charge in [0.1, 0.15) is 0 Å². The Balaban J connectivity index is 2.22. The zero-order chi connectivity index (χ0) is 15.0. The lowest BCUT2D eigenvalue weighted by Crippen LogP contribution is -2.19. The maximum Gasteiger partial charge on any atom is 0.157 e. The Bertz CT molecular complexity index is 773. The molecule has 2 N–H and O–H groups in total. The highest BCUT2D eigenvalue weighted by molar-refractivity contribution is 6.31. The van der Waals surface area contributed by atoms with Gasteiger partial charge in [-0.2, -0.15) is 5.10 Å². The first-order chi connectivity index (χ1) is 10.0. The van der Waals surface area contributed by atoms with Crippen molar-refractivity contribution in [2.24, 2.45) is 5.73 Å². The van der Waals surface area contributed by atoms with Crippen LogP contribution in [-0.4, -0.2) is 20.8 Å². The Labute approximate surface area is 128 Å². The number of hydrogen-bond donors (Lipinski definition) is 1. The van der Waals surface area contributed by atoms with E-state index < -0.39 is 0 Å². The van der Waals surface area contributed by atoms with Crippen LogP contribution in [0, 0.1) is 6.92 Å². The Morgan fingerprint density at radius 1 is 1.33 bits per heavy atom. The predicted molar refractivity (Wildman–Crippen MR) is 86.0 cm³/mol. The summed E-state index contributed by atoms with van der Waals surface area (Å²) in [4.78, 5) is 4.74. The molecule has 4 nitrogen and oxygen atoms in total. The summed E-state index contributed by atoms with van der Waals surface area (Å²) in [6.45, 7) is 3.87. The average Bonchev–Trinajstić information content (AvgIpc) is 2.77. The van der Waals surface area contributed by atoms with Crippen LogP contribution in [0.15, 0.2) is 36.5 Å². The lowest BCUT2D eigenvalue weighted by Gasteiger charge is -2.12. The van der Waals surface area contributed by atoms with Crippen LogP contribution in [0.3, 0.4) is 0 Å². The lowest BCUT2D eigenvalue weighted by atomic mass is 10.1. The van der Waals surface area contributed by atoms with Gasteiger partial charge in [-0.25, -0.2) is 9.67 Å². The third-order valence-electron chi connectivity index (χ3n) is 3.38. The van der Waals surface area contributed by atoms with Gasteiger partial charge in [-0.3, -0.25) is 0 Å². The minimum atomic E-state index is 0.0545. The van der Waals surface area contributed by atoms with E-state index in [-0.39, 0.29) is 6.04 Å². The van der Waals surface area contributed by atoms with E-state index in [0.29, 0.717) is 5.02 Å². The molecule has 2 heterocycles. The molecule has 0 fully saturated rings. The third kappa shape index (κ3) is 2.77. The molecule has 0 aliphatic carbocycles. The fourth-order valence-electron chi connectivity index (χ4n) is 2.39. The summed E-state index contributed by atoms with van der Waals surface area (Å²) < 4.78 is 1.74. The molecule has 0 amide bonds. The van der Waals surface area contributed by atoms with Crippen LogP contribution < -0.4 is 5.73 Å². The quantitative estimate of drug-likeness (QED) is 0.807. The van der Waals surface area contributed by atoms with Gasteiger partial charge in [0.15, 0.2) is 5.82 Å².